The van der Waals surface area contributed by atoms with E-state index < -0.39 is 0 Å². The number of carbonyl (C=O) groups is 2. The number of amides is 1. The van der Waals surface area contributed by atoms with E-state index in [-0.39, 0.29) is 30.3 Å². The highest BCUT2D eigenvalue weighted by molar-refractivity contribution is 5.86. The van der Waals surface area contributed by atoms with Crippen LogP contribution >= 0.6 is 0 Å². The van der Waals surface area contributed by atoms with E-state index in [1.54, 1.807) is 17.2 Å². The number of likely N-dealkylation sites (tertiary alicyclic amines) is 1. The van der Waals surface area contributed by atoms with Gasteiger partial charge < -0.3 is 18.8 Å². The zero-order chi connectivity index (χ0) is 15.4. The highest BCUT2D eigenvalue weighted by atomic mass is 16.6. The number of carbonyl (C=O) groups excluding carboxylic acids is 2. The van der Waals surface area contributed by atoms with Crippen molar-refractivity contribution in [3.63, 3.8) is 0 Å². The maximum absolute atomic E-state index is 12.1. The molecular formula is C16H21NO5. The van der Waals surface area contributed by atoms with E-state index in [9.17, 15) is 9.59 Å². The fourth-order valence-corrected chi connectivity index (χ4v) is 2.91. The monoisotopic (exact) mass is 307 g/mol. The van der Waals surface area contributed by atoms with Gasteiger partial charge in [-0.25, -0.2) is 0 Å². The van der Waals surface area contributed by atoms with Gasteiger partial charge in [0.05, 0.1) is 24.8 Å². The van der Waals surface area contributed by atoms with Gasteiger partial charge in [-0.05, 0) is 31.4 Å². The van der Waals surface area contributed by atoms with Crippen molar-refractivity contribution in [2.75, 3.05) is 19.8 Å². The molecule has 0 aromatic carbocycles. The smallest absolute Gasteiger partial charge is 0.311 e. The van der Waals surface area contributed by atoms with E-state index in [1.165, 1.54) is 0 Å². The molecule has 1 amide bonds. The van der Waals surface area contributed by atoms with Gasteiger partial charge in [0.2, 0.25) is 5.91 Å². The van der Waals surface area contributed by atoms with Crippen molar-refractivity contribution in [2.24, 2.45) is 5.92 Å². The zero-order valence-corrected chi connectivity index (χ0v) is 12.5. The molecule has 0 saturated carbocycles. The summed E-state index contributed by atoms with van der Waals surface area (Å²) in [5, 5.41) is 0. The van der Waals surface area contributed by atoms with Gasteiger partial charge in [-0.2, -0.15) is 0 Å². The number of ether oxygens (including phenoxy) is 2. The summed E-state index contributed by atoms with van der Waals surface area (Å²) in [5.41, 5.74) is 0. The van der Waals surface area contributed by atoms with Crippen molar-refractivity contribution in [1.82, 2.24) is 4.90 Å². The molecule has 2 saturated heterocycles. The summed E-state index contributed by atoms with van der Waals surface area (Å²) in [7, 11) is 0. The molecular weight excluding hydrogens is 286 g/mol. The lowest BCUT2D eigenvalue weighted by Crippen LogP contribution is -2.29. The summed E-state index contributed by atoms with van der Waals surface area (Å²) in [6, 6.07) is 3.60. The first-order valence-corrected chi connectivity index (χ1v) is 7.81. The Morgan fingerprint density at radius 1 is 1.41 bits per heavy atom. The van der Waals surface area contributed by atoms with Crippen LogP contribution in [-0.4, -0.2) is 42.6 Å². The number of rotatable bonds is 5. The fraction of sp³-hybridized carbons (Fsp3) is 0.625. The van der Waals surface area contributed by atoms with Gasteiger partial charge in [0, 0.05) is 19.6 Å². The summed E-state index contributed by atoms with van der Waals surface area (Å²) in [6.07, 6.45) is 4.91. The van der Waals surface area contributed by atoms with E-state index in [4.69, 9.17) is 13.9 Å². The maximum Gasteiger partial charge on any atom is 0.311 e. The lowest BCUT2D eigenvalue weighted by Gasteiger charge is -2.22. The Hall–Kier alpha value is -1.82. The van der Waals surface area contributed by atoms with E-state index in [0.29, 0.717) is 19.7 Å². The van der Waals surface area contributed by atoms with Gasteiger partial charge in [0.1, 0.15) is 12.4 Å². The minimum Gasteiger partial charge on any atom is -0.467 e. The quantitative estimate of drug-likeness (QED) is 0.775. The molecule has 3 rings (SSSR count). The highest BCUT2D eigenvalue weighted by Crippen LogP contribution is 2.22. The third-order valence-electron chi connectivity index (χ3n) is 4.16. The van der Waals surface area contributed by atoms with Crippen molar-refractivity contribution in [2.45, 2.75) is 38.3 Å². The Kier molecular flexibility index (Phi) is 4.77. The molecule has 2 aliphatic rings. The summed E-state index contributed by atoms with van der Waals surface area (Å²) in [6.45, 7) is 1.83. The molecule has 6 nitrogen and oxygen atoms in total. The van der Waals surface area contributed by atoms with Crippen LogP contribution in [0.15, 0.2) is 22.8 Å². The number of hydrogen-bond acceptors (Lipinski definition) is 5. The molecule has 0 spiro atoms. The molecule has 6 heteroatoms. The van der Waals surface area contributed by atoms with Gasteiger partial charge in [0.15, 0.2) is 0 Å². The molecule has 2 unspecified atom stereocenters. The van der Waals surface area contributed by atoms with Gasteiger partial charge in [-0.1, -0.05) is 0 Å². The lowest BCUT2D eigenvalue weighted by atomic mass is 10.1. The molecule has 3 heterocycles. The number of nitrogens with zero attached hydrogens (tertiary/aromatic N) is 1. The minimum atomic E-state index is -0.383. The van der Waals surface area contributed by atoms with Crippen LogP contribution in [0.5, 0.6) is 0 Å². The van der Waals surface area contributed by atoms with Crippen LogP contribution in [0, 0.1) is 5.92 Å². The molecule has 1 aromatic rings. The predicted molar refractivity (Wildman–Crippen MR) is 76.8 cm³/mol. The molecule has 2 atom stereocenters. The van der Waals surface area contributed by atoms with Crippen molar-refractivity contribution >= 4 is 11.9 Å². The summed E-state index contributed by atoms with van der Waals surface area (Å²) >= 11 is 0. The third kappa shape index (κ3) is 3.68. The molecule has 1 aromatic heterocycles. The Labute approximate surface area is 129 Å². The van der Waals surface area contributed by atoms with Crippen molar-refractivity contribution in [3.05, 3.63) is 24.2 Å². The maximum atomic E-state index is 12.1. The van der Waals surface area contributed by atoms with Crippen LogP contribution in [0.1, 0.15) is 31.4 Å². The first kappa shape index (κ1) is 15.1. The molecule has 2 fully saturated rings. The molecule has 2 aliphatic heterocycles. The average Bonchev–Trinajstić information content (AvgIpc) is 3.17. The second kappa shape index (κ2) is 6.96. The molecule has 0 N–H and O–H groups in total. The zero-order valence-electron chi connectivity index (χ0n) is 12.5. The fourth-order valence-electron chi connectivity index (χ4n) is 2.91. The molecule has 0 radical (unpaired) electrons. The lowest BCUT2D eigenvalue weighted by molar-refractivity contribution is -0.153. The van der Waals surface area contributed by atoms with Crippen LogP contribution in [0.25, 0.3) is 0 Å². The summed E-state index contributed by atoms with van der Waals surface area (Å²) in [4.78, 5) is 25.7. The number of hydrogen-bond donors (Lipinski definition) is 0. The van der Waals surface area contributed by atoms with Crippen LogP contribution in [0.4, 0.5) is 0 Å². The Balaban J connectivity index is 1.46. The second-order valence-electron chi connectivity index (χ2n) is 5.87. The number of furan rings is 1. The average molecular weight is 307 g/mol. The van der Waals surface area contributed by atoms with Crippen LogP contribution in [0.3, 0.4) is 0 Å². The third-order valence-corrected chi connectivity index (χ3v) is 4.16. The molecule has 0 bridgehead atoms. The molecule has 22 heavy (non-hydrogen) atoms. The second-order valence-corrected chi connectivity index (χ2v) is 5.87. The first-order valence-electron chi connectivity index (χ1n) is 7.81. The van der Waals surface area contributed by atoms with Crippen LogP contribution in [-0.2, 0) is 25.6 Å². The molecule has 120 valence electrons. The Bertz CT molecular complexity index is 507. The van der Waals surface area contributed by atoms with E-state index in [2.05, 4.69) is 0 Å². The summed E-state index contributed by atoms with van der Waals surface area (Å²) < 4.78 is 16.1. The van der Waals surface area contributed by atoms with E-state index >= 15 is 0 Å². The Morgan fingerprint density at radius 2 is 2.32 bits per heavy atom. The topological polar surface area (TPSA) is 69.0 Å². The number of esters is 1. The first-order chi connectivity index (χ1) is 10.7. The standard InChI is InChI=1S/C16H21NO5/c18-15-8-12(9-17(15)10-13-5-3-7-20-13)16(19)22-11-14-4-1-2-6-21-14/h3,5,7,12,14H,1-2,4,6,8-11H2. The SMILES string of the molecule is O=C(OCC1CCCCO1)C1CC(=O)N(Cc2ccco2)C1. The van der Waals surface area contributed by atoms with Gasteiger partial charge in [-0.3, -0.25) is 9.59 Å². The van der Waals surface area contributed by atoms with E-state index in [0.717, 1.165) is 31.6 Å². The largest absolute Gasteiger partial charge is 0.467 e. The van der Waals surface area contributed by atoms with Gasteiger partial charge in [-0.15, -0.1) is 0 Å². The van der Waals surface area contributed by atoms with Crippen molar-refractivity contribution in [3.8, 4) is 0 Å². The highest BCUT2D eigenvalue weighted by Gasteiger charge is 2.36. The summed E-state index contributed by atoms with van der Waals surface area (Å²) in [5.74, 6) is 0.000704. The minimum absolute atomic E-state index is 0.00836. The normalized spacial score (nSPS) is 25.5. The van der Waals surface area contributed by atoms with E-state index in [1.807, 2.05) is 6.07 Å². The Morgan fingerprint density at radius 3 is 3.05 bits per heavy atom. The van der Waals surface area contributed by atoms with Gasteiger partial charge in [0.25, 0.3) is 0 Å². The van der Waals surface area contributed by atoms with Crippen LogP contribution in [0.2, 0.25) is 0 Å². The van der Waals surface area contributed by atoms with Crippen molar-refractivity contribution in [1.29, 1.82) is 0 Å². The van der Waals surface area contributed by atoms with Gasteiger partial charge >= 0.3 is 5.97 Å². The van der Waals surface area contributed by atoms with Crippen molar-refractivity contribution < 1.29 is 23.5 Å². The van der Waals surface area contributed by atoms with Crippen LogP contribution < -0.4 is 0 Å². The molecule has 0 aliphatic carbocycles. The predicted octanol–water partition coefficient (Wildman–Crippen LogP) is 1.74.